The first kappa shape index (κ1) is 15.9. The van der Waals surface area contributed by atoms with E-state index in [9.17, 15) is 0 Å². The summed E-state index contributed by atoms with van der Waals surface area (Å²) < 4.78 is 2.36. The maximum absolute atomic E-state index is 2.36. The van der Waals surface area contributed by atoms with Crippen LogP contribution in [-0.4, -0.2) is 4.57 Å². The summed E-state index contributed by atoms with van der Waals surface area (Å²) in [6, 6.07) is 35.0. The Labute approximate surface area is 159 Å². The predicted octanol–water partition coefficient (Wildman–Crippen LogP) is 7.01. The molecule has 5 rings (SSSR count). The number of rotatable bonds is 3. The van der Waals surface area contributed by atoms with Crippen molar-refractivity contribution in [3.8, 4) is 16.8 Å². The van der Waals surface area contributed by atoms with Crippen molar-refractivity contribution in [1.82, 2.24) is 4.57 Å². The number of benzene rings is 4. The molecule has 0 bridgehead atoms. The quantitative estimate of drug-likeness (QED) is 0.331. The molecule has 0 aliphatic heterocycles. The van der Waals surface area contributed by atoms with Gasteiger partial charge in [-0.2, -0.15) is 0 Å². The summed E-state index contributed by atoms with van der Waals surface area (Å²) in [7, 11) is 0. The zero-order valence-electron chi connectivity index (χ0n) is 15.4. The highest BCUT2D eigenvalue weighted by molar-refractivity contribution is 6.10. The van der Waals surface area contributed by atoms with Crippen molar-refractivity contribution in [1.29, 1.82) is 0 Å². The van der Waals surface area contributed by atoms with E-state index in [1.165, 1.54) is 44.2 Å². The lowest BCUT2D eigenvalue weighted by atomic mass is 10.00. The SMILES string of the molecule is CCc1cccc(-c2ccc3c(c2)c2ccccc2n3-c2ccccc2)c1. The van der Waals surface area contributed by atoms with E-state index >= 15 is 0 Å². The maximum Gasteiger partial charge on any atom is 0.0541 e. The van der Waals surface area contributed by atoms with Gasteiger partial charge in [-0.15, -0.1) is 0 Å². The van der Waals surface area contributed by atoms with Gasteiger partial charge in [0.15, 0.2) is 0 Å². The van der Waals surface area contributed by atoms with Gasteiger partial charge in [0.05, 0.1) is 11.0 Å². The Bertz CT molecular complexity index is 1250. The molecule has 1 heterocycles. The highest BCUT2D eigenvalue weighted by Crippen LogP contribution is 2.34. The third-order valence-corrected chi connectivity index (χ3v) is 5.36. The van der Waals surface area contributed by atoms with Crippen molar-refractivity contribution in [2.75, 3.05) is 0 Å². The molecule has 27 heavy (non-hydrogen) atoms. The van der Waals surface area contributed by atoms with Gasteiger partial charge in [0.2, 0.25) is 0 Å². The molecule has 0 fully saturated rings. The van der Waals surface area contributed by atoms with Crippen molar-refractivity contribution in [3.05, 3.63) is 103 Å². The second kappa shape index (κ2) is 6.44. The molecule has 0 aliphatic carbocycles. The van der Waals surface area contributed by atoms with E-state index in [1.54, 1.807) is 0 Å². The summed E-state index contributed by atoms with van der Waals surface area (Å²) in [5, 5.41) is 2.60. The second-order valence-corrected chi connectivity index (χ2v) is 6.97. The Morgan fingerprint density at radius 2 is 1.33 bits per heavy atom. The number of nitrogens with zero attached hydrogens (tertiary/aromatic N) is 1. The predicted molar refractivity (Wildman–Crippen MR) is 116 cm³/mol. The molecule has 0 N–H and O–H groups in total. The van der Waals surface area contributed by atoms with Gasteiger partial charge in [-0.25, -0.2) is 0 Å². The van der Waals surface area contributed by atoms with Crippen LogP contribution in [0.3, 0.4) is 0 Å². The summed E-state index contributed by atoms with van der Waals surface area (Å²) in [5.74, 6) is 0. The first-order valence-corrected chi connectivity index (χ1v) is 9.53. The maximum atomic E-state index is 2.36. The number of fused-ring (bicyclic) bond motifs is 3. The average Bonchev–Trinajstić information content (AvgIpc) is 3.08. The van der Waals surface area contributed by atoms with Crippen molar-refractivity contribution in [3.63, 3.8) is 0 Å². The third-order valence-electron chi connectivity index (χ3n) is 5.36. The van der Waals surface area contributed by atoms with Gasteiger partial charge in [-0.1, -0.05) is 73.7 Å². The smallest absolute Gasteiger partial charge is 0.0541 e. The van der Waals surface area contributed by atoms with Gasteiger partial charge in [-0.3, -0.25) is 0 Å². The Morgan fingerprint density at radius 3 is 2.19 bits per heavy atom. The van der Waals surface area contributed by atoms with Gasteiger partial charge in [0.1, 0.15) is 0 Å². The molecule has 1 nitrogen and oxygen atoms in total. The highest BCUT2D eigenvalue weighted by Gasteiger charge is 2.12. The second-order valence-electron chi connectivity index (χ2n) is 6.97. The van der Waals surface area contributed by atoms with Gasteiger partial charge in [0.25, 0.3) is 0 Å². The van der Waals surface area contributed by atoms with Crippen LogP contribution >= 0.6 is 0 Å². The first-order chi connectivity index (χ1) is 13.3. The van der Waals surface area contributed by atoms with Crippen molar-refractivity contribution >= 4 is 21.8 Å². The van der Waals surface area contributed by atoms with Crippen LogP contribution in [0.5, 0.6) is 0 Å². The van der Waals surface area contributed by atoms with Crippen LogP contribution in [0.1, 0.15) is 12.5 Å². The van der Waals surface area contributed by atoms with E-state index in [4.69, 9.17) is 0 Å². The number of aromatic nitrogens is 1. The van der Waals surface area contributed by atoms with Gasteiger partial charge in [-0.05, 0) is 53.4 Å². The average molecular weight is 347 g/mol. The van der Waals surface area contributed by atoms with Crippen molar-refractivity contribution < 1.29 is 0 Å². The fourth-order valence-electron chi connectivity index (χ4n) is 3.98. The van der Waals surface area contributed by atoms with E-state index in [1.807, 2.05) is 0 Å². The summed E-state index contributed by atoms with van der Waals surface area (Å²) >= 11 is 0. The Hall–Kier alpha value is -3.32. The van der Waals surface area contributed by atoms with E-state index in [0.29, 0.717) is 0 Å². The molecule has 1 heteroatoms. The monoisotopic (exact) mass is 347 g/mol. The van der Waals surface area contributed by atoms with Crippen LogP contribution in [0, 0.1) is 0 Å². The zero-order valence-corrected chi connectivity index (χ0v) is 15.4. The van der Waals surface area contributed by atoms with Crippen LogP contribution in [0.2, 0.25) is 0 Å². The molecule has 0 saturated carbocycles. The molecular weight excluding hydrogens is 326 g/mol. The van der Waals surface area contributed by atoms with Crippen LogP contribution in [-0.2, 0) is 6.42 Å². The van der Waals surface area contributed by atoms with E-state index < -0.39 is 0 Å². The molecular formula is C26H21N. The lowest BCUT2D eigenvalue weighted by Gasteiger charge is -2.08. The van der Waals surface area contributed by atoms with Crippen LogP contribution in [0.25, 0.3) is 38.6 Å². The van der Waals surface area contributed by atoms with E-state index in [2.05, 4.69) is 109 Å². The van der Waals surface area contributed by atoms with E-state index in [0.717, 1.165) is 6.42 Å². The molecule has 0 unspecified atom stereocenters. The summed E-state index contributed by atoms with van der Waals surface area (Å²) in [6.45, 7) is 2.20. The lowest BCUT2D eigenvalue weighted by Crippen LogP contribution is -1.92. The fourth-order valence-corrected chi connectivity index (χ4v) is 3.98. The zero-order chi connectivity index (χ0) is 18.2. The first-order valence-electron chi connectivity index (χ1n) is 9.53. The molecule has 0 spiro atoms. The Kier molecular flexibility index (Phi) is 3.79. The molecule has 0 saturated heterocycles. The molecule has 5 aromatic rings. The van der Waals surface area contributed by atoms with Gasteiger partial charge < -0.3 is 4.57 Å². The highest BCUT2D eigenvalue weighted by atomic mass is 15.0. The summed E-state index contributed by atoms with van der Waals surface area (Å²) in [6.07, 6.45) is 1.06. The minimum absolute atomic E-state index is 1.06. The van der Waals surface area contributed by atoms with Crippen molar-refractivity contribution in [2.24, 2.45) is 0 Å². The number of hydrogen-bond donors (Lipinski definition) is 0. The van der Waals surface area contributed by atoms with Crippen LogP contribution in [0.15, 0.2) is 97.1 Å². The van der Waals surface area contributed by atoms with E-state index in [-0.39, 0.29) is 0 Å². The normalized spacial score (nSPS) is 11.3. The van der Waals surface area contributed by atoms with Crippen molar-refractivity contribution in [2.45, 2.75) is 13.3 Å². The van der Waals surface area contributed by atoms with Gasteiger partial charge >= 0.3 is 0 Å². The Balaban J connectivity index is 1.80. The largest absolute Gasteiger partial charge is 0.309 e. The Morgan fingerprint density at radius 1 is 0.593 bits per heavy atom. The molecule has 0 amide bonds. The molecule has 0 atom stereocenters. The summed E-state index contributed by atoms with van der Waals surface area (Å²) in [4.78, 5) is 0. The molecule has 1 aromatic heterocycles. The number of aryl methyl sites for hydroxylation is 1. The fraction of sp³-hybridized carbons (Fsp3) is 0.0769. The summed E-state index contributed by atoms with van der Waals surface area (Å²) in [5.41, 5.74) is 7.63. The molecule has 0 radical (unpaired) electrons. The standard InChI is InChI=1S/C26H21N/c1-2-19-9-8-10-20(17-19)21-15-16-26-24(18-21)23-13-6-7-14-25(23)27(26)22-11-4-3-5-12-22/h3-18H,2H2,1H3. The number of para-hydroxylation sites is 2. The lowest BCUT2D eigenvalue weighted by molar-refractivity contribution is 1.14. The minimum Gasteiger partial charge on any atom is -0.309 e. The molecule has 130 valence electrons. The minimum atomic E-state index is 1.06. The van der Waals surface area contributed by atoms with Crippen LogP contribution in [0.4, 0.5) is 0 Å². The number of hydrogen-bond acceptors (Lipinski definition) is 0. The topological polar surface area (TPSA) is 4.93 Å². The third kappa shape index (κ3) is 2.63. The molecule has 4 aromatic carbocycles. The van der Waals surface area contributed by atoms with Crippen LogP contribution < -0.4 is 0 Å². The van der Waals surface area contributed by atoms with Gasteiger partial charge in [0, 0.05) is 16.5 Å². The molecule has 0 aliphatic rings.